The van der Waals surface area contributed by atoms with E-state index in [1.807, 2.05) is 0 Å². The molecule has 0 aliphatic carbocycles. The molecule has 10 aromatic carbocycles. The predicted octanol–water partition coefficient (Wildman–Crippen LogP) is 14.8. The molecule has 0 unspecified atom stereocenters. The van der Waals surface area contributed by atoms with Crippen molar-refractivity contribution in [2.75, 3.05) is 4.90 Å². The first-order chi connectivity index (χ1) is 26.3. The maximum Gasteiger partial charge on any atom is 0.0468 e. The summed E-state index contributed by atoms with van der Waals surface area (Å²) in [6.45, 7) is 0. The third kappa shape index (κ3) is 5.51. The first kappa shape index (κ1) is 30.8. The summed E-state index contributed by atoms with van der Waals surface area (Å²) in [5, 5.41) is 10.2. The Labute approximate surface area is 309 Å². The van der Waals surface area contributed by atoms with Crippen molar-refractivity contribution in [3.8, 4) is 33.4 Å². The molecule has 1 heteroatoms. The van der Waals surface area contributed by atoms with E-state index in [9.17, 15) is 0 Å². The molecule has 10 rings (SSSR count). The van der Waals surface area contributed by atoms with Gasteiger partial charge in [0.25, 0.3) is 0 Å². The number of hydrogen-bond acceptors (Lipinski definition) is 1. The van der Waals surface area contributed by atoms with Crippen LogP contribution in [0.3, 0.4) is 0 Å². The second kappa shape index (κ2) is 13.0. The van der Waals surface area contributed by atoms with Gasteiger partial charge in [-0.15, -0.1) is 0 Å². The van der Waals surface area contributed by atoms with Crippen molar-refractivity contribution in [1.29, 1.82) is 0 Å². The highest BCUT2D eigenvalue weighted by atomic mass is 15.1. The van der Waals surface area contributed by atoms with Crippen LogP contribution in [0.1, 0.15) is 0 Å². The van der Waals surface area contributed by atoms with E-state index >= 15 is 0 Å². The van der Waals surface area contributed by atoms with Gasteiger partial charge in [0.05, 0.1) is 0 Å². The lowest BCUT2D eigenvalue weighted by Crippen LogP contribution is -2.09. The fourth-order valence-electron chi connectivity index (χ4n) is 8.08. The lowest BCUT2D eigenvalue weighted by molar-refractivity contribution is 1.29. The number of rotatable bonds is 6. The van der Waals surface area contributed by atoms with E-state index in [1.165, 1.54) is 76.5 Å². The van der Waals surface area contributed by atoms with E-state index in [0.29, 0.717) is 0 Å². The van der Waals surface area contributed by atoms with Crippen LogP contribution in [0.4, 0.5) is 17.1 Å². The molecule has 1 nitrogen and oxygen atoms in total. The Kier molecular flexibility index (Phi) is 7.55. The maximum atomic E-state index is 2.36. The Morgan fingerprint density at radius 3 is 1.60 bits per heavy atom. The summed E-state index contributed by atoms with van der Waals surface area (Å²) in [5.74, 6) is 0. The summed E-state index contributed by atoms with van der Waals surface area (Å²) < 4.78 is 0. The van der Waals surface area contributed by atoms with Crippen molar-refractivity contribution in [3.63, 3.8) is 0 Å². The van der Waals surface area contributed by atoms with E-state index in [4.69, 9.17) is 0 Å². The number of nitrogens with zero attached hydrogens (tertiary/aromatic N) is 1. The van der Waals surface area contributed by atoms with E-state index in [1.54, 1.807) is 0 Å². The number of anilines is 3. The third-order valence-corrected chi connectivity index (χ3v) is 10.6. The summed E-state index contributed by atoms with van der Waals surface area (Å²) in [6.07, 6.45) is 0. The molecule has 248 valence electrons. The maximum absolute atomic E-state index is 2.36. The van der Waals surface area contributed by atoms with Gasteiger partial charge in [-0.25, -0.2) is 0 Å². The average Bonchev–Trinajstić information content (AvgIpc) is 3.24. The molecule has 0 aliphatic rings. The van der Waals surface area contributed by atoms with E-state index in [-0.39, 0.29) is 0 Å². The zero-order valence-electron chi connectivity index (χ0n) is 29.2. The minimum atomic E-state index is 1.12. The standard InChI is InChI=1S/C52H35N/c1-3-12-36(13-4-1)37-24-26-38(27-25-37)41-15-9-19-44(34-41)53(43-17-5-2-6-18-43)45-31-33-46-42(35-45)16-10-21-48(46)49-22-11-23-51-50(49)32-30-40-29-28-39-14-7-8-20-47(39)52(40)51/h1-35H. The molecule has 10 aromatic rings. The van der Waals surface area contributed by atoms with Crippen LogP contribution in [0.15, 0.2) is 212 Å². The molecule has 0 fully saturated rings. The van der Waals surface area contributed by atoms with Crippen LogP contribution >= 0.6 is 0 Å². The Balaban J connectivity index is 1.08. The van der Waals surface area contributed by atoms with Gasteiger partial charge >= 0.3 is 0 Å². The molecule has 0 saturated carbocycles. The van der Waals surface area contributed by atoms with E-state index in [2.05, 4.69) is 217 Å². The van der Waals surface area contributed by atoms with Crippen molar-refractivity contribution in [2.24, 2.45) is 0 Å². The molecule has 0 radical (unpaired) electrons. The smallest absolute Gasteiger partial charge is 0.0468 e. The molecule has 0 aliphatic heterocycles. The predicted molar refractivity (Wildman–Crippen MR) is 227 cm³/mol. The van der Waals surface area contributed by atoms with E-state index in [0.717, 1.165) is 17.1 Å². The summed E-state index contributed by atoms with van der Waals surface area (Å²) in [4.78, 5) is 2.36. The summed E-state index contributed by atoms with van der Waals surface area (Å²) in [5.41, 5.74) is 10.7. The molecule has 0 N–H and O–H groups in total. The normalized spacial score (nSPS) is 11.4. The molecule has 0 amide bonds. The van der Waals surface area contributed by atoms with Gasteiger partial charge in [0.1, 0.15) is 0 Å². The highest BCUT2D eigenvalue weighted by Crippen LogP contribution is 2.42. The van der Waals surface area contributed by atoms with Crippen molar-refractivity contribution in [2.45, 2.75) is 0 Å². The van der Waals surface area contributed by atoms with Crippen LogP contribution in [0.25, 0.3) is 76.5 Å². The third-order valence-electron chi connectivity index (χ3n) is 10.6. The highest BCUT2D eigenvalue weighted by molar-refractivity contribution is 6.22. The van der Waals surface area contributed by atoms with Gasteiger partial charge in [0.2, 0.25) is 0 Å². The van der Waals surface area contributed by atoms with Crippen LogP contribution < -0.4 is 4.90 Å². The summed E-state index contributed by atoms with van der Waals surface area (Å²) in [7, 11) is 0. The lowest BCUT2D eigenvalue weighted by atomic mass is 9.90. The van der Waals surface area contributed by atoms with Crippen molar-refractivity contribution >= 4 is 60.2 Å². The Morgan fingerprint density at radius 1 is 0.245 bits per heavy atom. The monoisotopic (exact) mass is 673 g/mol. The minimum absolute atomic E-state index is 1.12. The zero-order chi connectivity index (χ0) is 35.1. The Hall–Kier alpha value is -6.96. The van der Waals surface area contributed by atoms with Gasteiger partial charge in [-0.05, 0) is 113 Å². The second-order valence-electron chi connectivity index (χ2n) is 13.7. The topological polar surface area (TPSA) is 3.24 Å². The molecule has 0 saturated heterocycles. The van der Waals surface area contributed by atoms with Crippen LogP contribution in [0, 0.1) is 0 Å². The minimum Gasteiger partial charge on any atom is -0.310 e. The quantitative estimate of drug-likeness (QED) is 0.159. The number of hydrogen-bond donors (Lipinski definition) is 0. The number of para-hydroxylation sites is 1. The van der Waals surface area contributed by atoms with Crippen molar-refractivity contribution in [3.05, 3.63) is 212 Å². The lowest BCUT2D eigenvalue weighted by Gasteiger charge is -2.26. The van der Waals surface area contributed by atoms with Gasteiger partial charge in [0, 0.05) is 17.1 Å². The van der Waals surface area contributed by atoms with E-state index < -0.39 is 0 Å². The van der Waals surface area contributed by atoms with Gasteiger partial charge < -0.3 is 4.90 Å². The molecular formula is C52H35N. The van der Waals surface area contributed by atoms with Crippen LogP contribution in [0.2, 0.25) is 0 Å². The first-order valence-corrected chi connectivity index (χ1v) is 18.3. The first-order valence-electron chi connectivity index (χ1n) is 18.3. The highest BCUT2D eigenvalue weighted by Gasteiger charge is 2.16. The van der Waals surface area contributed by atoms with Gasteiger partial charge in [0.15, 0.2) is 0 Å². The molecular weight excluding hydrogens is 639 g/mol. The van der Waals surface area contributed by atoms with Crippen molar-refractivity contribution < 1.29 is 0 Å². The Morgan fingerprint density at radius 2 is 0.774 bits per heavy atom. The SMILES string of the molecule is c1ccc(-c2ccc(-c3cccc(N(c4ccccc4)c4ccc5c(-c6cccc7c6ccc6ccc8ccccc8c67)cccc5c4)c3)cc2)cc1. The fourth-order valence-corrected chi connectivity index (χ4v) is 8.08. The largest absolute Gasteiger partial charge is 0.310 e. The average molecular weight is 674 g/mol. The molecule has 0 spiro atoms. The number of fused-ring (bicyclic) bond motifs is 6. The second-order valence-corrected chi connectivity index (χ2v) is 13.7. The molecule has 53 heavy (non-hydrogen) atoms. The summed E-state index contributed by atoms with van der Waals surface area (Å²) >= 11 is 0. The van der Waals surface area contributed by atoms with Gasteiger partial charge in [-0.2, -0.15) is 0 Å². The van der Waals surface area contributed by atoms with Crippen LogP contribution in [-0.4, -0.2) is 0 Å². The van der Waals surface area contributed by atoms with Gasteiger partial charge in [-0.1, -0.05) is 176 Å². The number of benzene rings is 10. The molecule has 0 aromatic heterocycles. The molecule has 0 atom stereocenters. The van der Waals surface area contributed by atoms with Crippen LogP contribution in [0.5, 0.6) is 0 Å². The Bertz CT molecular complexity index is 2930. The molecule has 0 bridgehead atoms. The fraction of sp³-hybridized carbons (Fsp3) is 0. The summed E-state index contributed by atoms with van der Waals surface area (Å²) in [6, 6.07) is 77.1. The van der Waals surface area contributed by atoms with Gasteiger partial charge in [-0.3, -0.25) is 0 Å². The molecule has 0 heterocycles. The van der Waals surface area contributed by atoms with Crippen LogP contribution in [-0.2, 0) is 0 Å². The van der Waals surface area contributed by atoms with Crippen molar-refractivity contribution in [1.82, 2.24) is 0 Å². The zero-order valence-corrected chi connectivity index (χ0v) is 29.2.